The molecule has 2 amide bonds. The molecule has 1 aromatic carbocycles. The fourth-order valence-electron chi connectivity index (χ4n) is 5.11. The third-order valence-corrected chi connectivity index (χ3v) is 6.36. The zero-order chi connectivity index (χ0) is 18.9. The molecule has 0 N–H and O–H groups in total. The van der Waals surface area contributed by atoms with Crippen molar-refractivity contribution in [3.63, 3.8) is 0 Å². The summed E-state index contributed by atoms with van der Waals surface area (Å²) in [6.07, 6.45) is 6.63. The van der Waals surface area contributed by atoms with Crippen LogP contribution in [0.2, 0.25) is 0 Å². The molecule has 1 aromatic rings. The molecule has 0 aromatic heterocycles. The van der Waals surface area contributed by atoms with Gasteiger partial charge in [0.05, 0.1) is 30.1 Å². The first-order valence-corrected chi connectivity index (χ1v) is 8.94. The van der Waals surface area contributed by atoms with Crippen LogP contribution in [0.5, 0.6) is 5.75 Å². The summed E-state index contributed by atoms with van der Waals surface area (Å²) in [6, 6.07) is 4.36. The number of rotatable bonds is 4. The van der Waals surface area contributed by atoms with Crippen molar-refractivity contribution in [1.29, 1.82) is 0 Å². The minimum Gasteiger partial charge on any atom is -0.490 e. The van der Waals surface area contributed by atoms with Gasteiger partial charge < -0.3 is 4.74 Å². The number of hydrogen-bond acceptors (Lipinski definition) is 6. The van der Waals surface area contributed by atoms with E-state index < -0.39 is 4.92 Å². The number of nitro groups is 1. The Morgan fingerprint density at radius 1 is 1.19 bits per heavy atom. The first-order valence-electron chi connectivity index (χ1n) is 8.94. The van der Waals surface area contributed by atoms with Crippen molar-refractivity contribution in [3.05, 3.63) is 46.0 Å². The Bertz CT molecular complexity index is 903. The minimum atomic E-state index is -0.549. The molecule has 3 fully saturated rings. The van der Waals surface area contributed by atoms with E-state index in [-0.39, 0.29) is 46.9 Å². The molecule has 27 heavy (non-hydrogen) atoms. The van der Waals surface area contributed by atoms with Gasteiger partial charge in [0.2, 0.25) is 0 Å². The Morgan fingerprint density at radius 2 is 1.81 bits per heavy atom. The highest BCUT2D eigenvalue weighted by atomic mass is 16.6. The SMILES string of the molecule is COc1ccc(/C=N\N2C(=O)[C@@H]3[C@H]4C=C[C@@H]([C@@H]5C[C@H]45)[C@@H]3C2=O)cc1[N+](=O)[O-]. The maximum atomic E-state index is 12.8. The molecule has 138 valence electrons. The summed E-state index contributed by atoms with van der Waals surface area (Å²) in [5, 5.41) is 16.2. The fraction of sp³-hybridized carbons (Fsp3) is 0.421. The van der Waals surface area contributed by atoms with Gasteiger partial charge in [-0.2, -0.15) is 10.1 Å². The first-order chi connectivity index (χ1) is 13.0. The number of carbonyl (C=O) groups excluding carboxylic acids is 2. The summed E-state index contributed by atoms with van der Waals surface area (Å²) in [7, 11) is 1.35. The highest BCUT2D eigenvalue weighted by Gasteiger charge is 2.67. The molecular weight excluding hydrogens is 350 g/mol. The monoisotopic (exact) mass is 367 g/mol. The summed E-state index contributed by atoms with van der Waals surface area (Å²) in [5.41, 5.74) is 0.221. The average Bonchev–Trinajstić information content (AvgIpc) is 3.45. The lowest BCUT2D eigenvalue weighted by Crippen LogP contribution is -2.40. The maximum Gasteiger partial charge on any atom is 0.311 e. The highest BCUT2D eigenvalue weighted by molar-refractivity contribution is 6.06. The van der Waals surface area contributed by atoms with Crippen molar-refractivity contribution >= 4 is 23.7 Å². The van der Waals surface area contributed by atoms with Crippen molar-refractivity contribution in [1.82, 2.24) is 5.01 Å². The number of nitro benzene ring substituents is 1. The lowest BCUT2D eigenvalue weighted by atomic mass is 9.63. The summed E-state index contributed by atoms with van der Waals surface area (Å²) in [6.45, 7) is 0. The second-order valence-electron chi connectivity index (χ2n) is 7.58. The Balaban J connectivity index is 1.42. The van der Waals surface area contributed by atoms with E-state index in [0.717, 1.165) is 11.4 Å². The van der Waals surface area contributed by atoms with E-state index in [1.165, 1.54) is 25.5 Å². The Hall–Kier alpha value is -3.03. The molecule has 6 atom stereocenters. The van der Waals surface area contributed by atoms with Crippen molar-refractivity contribution in [2.45, 2.75) is 6.42 Å². The molecule has 5 aliphatic rings. The standard InChI is InChI=1S/C19H17N3O5/c1-27-15-5-2-9(6-14(15)22(25)26)8-20-21-18(23)16-10-3-4-11(13-7-12(10)13)17(16)19(21)24/h2-6,8,10-13,16-17H,7H2,1H3/b20-8-/t10-,11-,12-,13+,16-,17+/m0/s1. The molecule has 0 radical (unpaired) electrons. The van der Waals surface area contributed by atoms with Gasteiger partial charge in [0.15, 0.2) is 5.75 Å². The van der Waals surface area contributed by atoms with Gasteiger partial charge in [-0.25, -0.2) is 0 Å². The van der Waals surface area contributed by atoms with Crippen molar-refractivity contribution in [2.75, 3.05) is 7.11 Å². The predicted molar refractivity (Wildman–Crippen MR) is 93.8 cm³/mol. The predicted octanol–water partition coefficient (Wildman–Crippen LogP) is 1.99. The zero-order valence-electron chi connectivity index (χ0n) is 14.5. The largest absolute Gasteiger partial charge is 0.490 e. The van der Waals surface area contributed by atoms with E-state index in [4.69, 9.17) is 4.74 Å². The number of ether oxygens (including phenoxy) is 1. The number of carbonyl (C=O) groups is 2. The molecule has 1 saturated heterocycles. The van der Waals surface area contributed by atoms with E-state index >= 15 is 0 Å². The molecule has 0 unspecified atom stereocenters. The molecule has 8 nitrogen and oxygen atoms in total. The molecule has 1 aliphatic heterocycles. The van der Waals surface area contributed by atoms with Crippen LogP contribution < -0.4 is 4.74 Å². The molecule has 8 heteroatoms. The molecule has 0 spiro atoms. The number of benzene rings is 1. The lowest BCUT2D eigenvalue weighted by molar-refractivity contribution is -0.385. The number of hydrogen-bond donors (Lipinski definition) is 0. The van der Waals surface area contributed by atoms with Crippen LogP contribution in [0.25, 0.3) is 0 Å². The normalized spacial score (nSPS) is 35.5. The van der Waals surface area contributed by atoms with Gasteiger partial charge in [-0.3, -0.25) is 19.7 Å². The van der Waals surface area contributed by atoms with Crippen LogP contribution in [0, 0.1) is 45.6 Å². The van der Waals surface area contributed by atoms with Crippen LogP contribution in [0.3, 0.4) is 0 Å². The molecule has 1 heterocycles. The van der Waals surface area contributed by atoms with Gasteiger partial charge in [0, 0.05) is 11.6 Å². The van der Waals surface area contributed by atoms with Crippen LogP contribution in [0.15, 0.2) is 35.5 Å². The van der Waals surface area contributed by atoms with Gasteiger partial charge in [0.1, 0.15) is 0 Å². The van der Waals surface area contributed by atoms with Crippen LogP contribution in [0.1, 0.15) is 12.0 Å². The summed E-state index contributed by atoms with van der Waals surface area (Å²) >= 11 is 0. The summed E-state index contributed by atoms with van der Waals surface area (Å²) in [4.78, 5) is 36.2. The van der Waals surface area contributed by atoms with E-state index in [1.807, 2.05) is 0 Å². The van der Waals surface area contributed by atoms with Crippen LogP contribution >= 0.6 is 0 Å². The number of amides is 2. The van der Waals surface area contributed by atoms with Gasteiger partial charge in [-0.15, -0.1) is 0 Å². The highest BCUT2D eigenvalue weighted by Crippen LogP contribution is 2.65. The Kier molecular flexibility index (Phi) is 3.28. The molecule has 2 saturated carbocycles. The van der Waals surface area contributed by atoms with Crippen molar-refractivity contribution in [2.24, 2.45) is 40.6 Å². The van der Waals surface area contributed by atoms with E-state index in [9.17, 15) is 19.7 Å². The zero-order valence-corrected chi connectivity index (χ0v) is 14.5. The van der Waals surface area contributed by atoms with Crippen molar-refractivity contribution in [3.8, 4) is 5.75 Å². The summed E-state index contributed by atoms with van der Waals surface area (Å²) < 4.78 is 4.97. The van der Waals surface area contributed by atoms with E-state index in [2.05, 4.69) is 17.3 Å². The second kappa shape index (κ2) is 5.48. The molecule has 6 rings (SSSR count). The third kappa shape index (κ3) is 2.19. The van der Waals surface area contributed by atoms with Gasteiger partial charge in [-0.1, -0.05) is 12.2 Å². The quantitative estimate of drug-likeness (QED) is 0.266. The van der Waals surface area contributed by atoms with Gasteiger partial charge in [0.25, 0.3) is 11.8 Å². The number of nitrogens with zero attached hydrogens (tertiary/aromatic N) is 3. The Morgan fingerprint density at radius 3 is 2.37 bits per heavy atom. The average molecular weight is 367 g/mol. The second-order valence-corrected chi connectivity index (χ2v) is 7.58. The first kappa shape index (κ1) is 16.2. The maximum absolute atomic E-state index is 12.8. The fourth-order valence-corrected chi connectivity index (χ4v) is 5.11. The van der Waals surface area contributed by atoms with Gasteiger partial charge >= 0.3 is 5.69 Å². The third-order valence-electron chi connectivity index (χ3n) is 6.36. The van der Waals surface area contributed by atoms with Crippen LogP contribution in [0.4, 0.5) is 5.69 Å². The van der Waals surface area contributed by atoms with Gasteiger partial charge in [-0.05, 0) is 42.2 Å². The Labute approximate surface area is 154 Å². The number of imide groups is 1. The minimum absolute atomic E-state index is 0.137. The van der Waals surface area contributed by atoms with Crippen molar-refractivity contribution < 1.29 is 19.2 Å². The smallest absolute Gasteiger partial charge is 0.311 e. The number of hydrazone groups is 1. The summed E-state index contributed by atoms with van der Waals surface area (Å²) in [5.74, 6) is 0.364. The van der Waals surface area contributed by atoms with Crippen LogP contribution in [-0.4, -0.2) is 35.1 Å². The number of methoxy groups -OCH3 is 1. The topological polar surface area (TPSA) is 102 Å². The molecule has 2 bridgehead atoms. The lowest BCUT2D eigenvalue weighted by Gasteiger charge is -2.37. The van der Waals surface area contributed by atoms with E-state index in [1.54, 1.807) is 6.07 Å². The molecule has 4 aliphatic carbocycles. The molecular formula is C19H17N3O5. The number of allylic oxidation sites excluding steroid dienone is 2. The van der Waals surface area contributed by atoms with E-state index in [0.29, 0.717) is 17.4 Å². The van der Waals surface area contributed by atoms with Crippen LogP contribution in [-0.2, 0) is 9.59 Å².